The van der Waals surface area contributed by atoms with Crippen molar-refractivity contribution in [1.82, 2.24) is 9.80 Å². The van der Waals surface area contributed by atoms with Gasteiger partial charge in [-0.3, -0.25) is 4.90 Å². The lowest BCUT2D eigenvalue weighted by Gasteiger charge is -2.34. The maximum absolute atomic E-state index is 13.1. The number of nitrogens with zero attached hydrogens (tertiary/aromatic N) is 2. The summed E-state index contributed by atoms with van der Waals surface area (Å²) in [5.74, 6) is -0.616. The van der Waals surface area contributed by atoms with Crippen molar-refractivity contribution in [3.05, 3.63) is 65.7 Å². The molecule has 1 heterocycles. The fourth-order valence-electron chi connectivity index (χ4n) is 2.73. The number of rotatable bonds is 3. The van der Waals surface area contributed by atoms with Gasteiger partial charge in [-0.1, -0.05) is 18.2 Å². The summed E-state index contributed by atoms with van der Waals surface area (Å²) in [6, 6.07) is 12.1. The van der Waals surface area contributed by atoms with E-state index in [1.165, 1.54) is 24.3 Å². The predicted octanol–water partition coefficient (Wildman–Crippen LogP) is 3.31. The van der Waals surface area contributed by atoms with Gasteiger partial charge < -0.3 is 10.2 Å². The number of hydrogen-bond acceptors (Lipinski definition) is 2. The number of amides is 2. The molecule has 126 valence electrons. The summed E-state index contributed by atoms with van der Waals surface area (Å²) in [5, 5.41) is 2.71. The molecule has 0 radical (unpaired) electrons. The fourth-order valence-corrected chi connectivity index (χ4v) is 2.73. The second-order valence-corrected chi connectivity index (χ2v) is 5.83. The zero-order chi connectivity index (χ0) is 16.9. The maximum Gasteiger partial charge on any atom is 0.321 e. The number of carbonyl (C=O) groups excluding carboxylic acids is 1. The van der Waals surface area contributed by atoms with Gasteiger partial charge >= 0.3 is 6.03 Å². The molecule has 24 heavy (non-hydrogen) atoms. The highest BCUT2D eigenvalue weighted by atomic mass is 19.1. The molecule has 2 aromatic carbocycles. The van der Waals surface area contributed by atoms with E-state index in [0.717, 1.165) is 25.2 Å². The number of halogens is 2. The number of anilines is 1. The summed E-state index contributed by atoms with van der Waals surface area (Å²) in [5.41, 5.74) is 1.50. The van der Waals surface area contributed by atoms with Crippen LogP contribution in [0.5, 0.6) is 0 Å². The Bertz CT molecular complexity index is 698. The van der Waals surface area contributed by atoms with Gasteiger partial charge in [0.15, 0.2) is 0 Å². The Labute approximate surface area is 139 Å². The highest BCUT2D eigenvalue weighted by molar-refractivity contribution is 5.89. The number of carbonyl (C=O) groups is 1. The molecule has 1 N–H and O–H groups in total. The molecule has 1 fully saturated rings. The van der Waals surface area contributed by atoms with Crippen LogP contribution in [0.25, 0.3) is 0 Å². The van der Waals surface area contributed by atoms with E-state index in [1.807, 2.05) is 0 Å². The van der Waals surface area contributed by atoms with Gasteiger partial charge in [0.05, 0.1) is 0 Å². The Balaban J connectivity index is 1.49. The Morgan fingerprint density at radius 3 is 2.33 bits per heavy atom. The Kier molecular flexibility index (Phi) is 5.05. The second-order valence-electron chi connectivity index (χ2n) is 5.83. The Hall–Kier alpha value is -2.47. The van der Waals surface area contributed by atoms with Crippen molar-refractivity contribution in [2.45, 2.75) is 6.54 Å². The van der Waals surface area contributed by atoms with Gasteiger partial charge in [0, 0.05) is 38.4 Å². The van der Waals surface area contributed by atoms with Gasteiger partial charge in [0.25, 0.3) is 0 Å². The summed E-state index contributed by atoms with van der Waals surface area (Å²) in [7, 11) is 0. The summed E-state index contributed by atoms with van der Waals surface area (Å²) >= 11 is 0. The standard InChI is InChI=1S/C18H19F2N3O/c19-15-6-4-14(5-7-15)13-22-8-10-23(11-9-22)18(24)21-17-3-1-2-16(20)12-17/h1-7,12H,8-11,13H2,(H,21,24). The monoisotopic (exact) mass is 331 g/mol. The molecule has 6 heteroatoms. The minimum Gasteiger partial charge on any atom is -0.322 e. The highest BCUT2D eigenvalue weighted by Crippen LogP contribution is 2.13. The average Bonchev–Trinajstić information content (AvgIpc) is 2.57. The third kappa shape index (κ3) is 4.29. The van der Waals surface area contributed by atoms with E-state index in [9.17, 15) is 13.6 Å². The lowest BCUT2D eigenvalue weighted by atomic mass is 10.2. The molecule has 0 bridgehead atoms. The first-order valence-electron chi connectivity index (χ1n) is 7.88. The zero-order valence-electron chi connectivity index (χ0n) is 13.2. The molecule has 0 spiro atoms. The number of urea groups is 1. The van der Waals surface area contributed by atoms with Crippen LogP contribution < -0.4 is 5.32 Å². The van der Waals surface area contributed by atoms with Crippen LogP contribution in [0.15, 0.2) is 48.5 Å². The Morgan fingerprint density at radius 1 is 0.958 bits per heavy atom. The third-order valence-corrected chi connectivity index (χ3v) is 4.05. The van der Waals surface area contributed by atoms with E-state index < -0.39 is 0 Å². The lowest BCUT2D eigenvalue weighted by molar-refractivity contribution is 0.143. The summed E-state index contributed by atoms with van der Waals surface area (Å²) in [4.78, 5) is 16.1. The van der Waals surface area contributed by atoms with E-state index in [2.05, 4.69) is 10.2 Å². The molecule has 3 rings (SSSR count). The van der Waals surface area contributed by atoms with Crippen LogP contribution in [-0.4, -0.2) is 42.0 Å². The lowest BCUT2D eigenvalue weighted by Crippen LogP contribution is -2.49. The predicted molar refractivity (Wildman–Crippen MR) is 88.7 cm³/mol. The number of hydrogen-bond donors (Lipinski definition) is 1. The molecular weight excluding hydrogens is 312 g/mol. The maximum atomic E-state index is 13.1. The van der Waals surface area contributed by atoms with Gasteiger partial charge in [0.1, 0.15) is 11.6 Å². The molecule has 4 nitrogen and oxygen atoms in total. The van der Waals surface area contributed by atoms with E-state index in [-0.39, 0.29) is 17.7 Å². The van der Waals surface area contributed by atoms with Crippen LogP contribution in [0, 0.1) is 11.6 Å². The first-order chi connectivity index (χ1) is 11.6. The van der Waals surface area contributed by atoms with Gasteiger partial charge in [0.2, 0.25) is 0 Å². The van der Waals surface area contributed by atoms with E-state index in [0.29, 0.717) is 18.8 Å². The minimum atomic E-state index is -0.378. The first-order valence-corrected chi connectivity index (χ1v) is 7.88. The quantitative estimate of drug-likeness (QED) is 0.936. The van der Waals surface area contributed by atoms with Crippen LogP contribution in [0.4, 0.5) is 19.3 Å². The normalized spacial score (nSPS) is 15.3. The van der Waals surface area contributed by atoms with Crippen molar-refractivity contribution >= 4 is 11.7 Å². The van der Waals surface area contributed by atoms with Crippen LogP contribution >= 0.6 is 0 Å². The van der Waals surface area contributed by atoms with E-state index in [1.54, 1.807) is 29.2 Å². The Morgan fingerprint density at radius 2 is 1.67 bits per heavy atom. The topological polar surface area (TPSA) is 35.6 Å². The number of piperazine rings is 1. The second kappa shape index (κ2) is 7.40. The molecule has 0 aliphatic carbocycles. The van der Waals surface area contributed by atoms with Crippen molar-refractivity contribution in [1.29, 1.82) is 0 Å². The van der Waals surface area contributed by atoms with Crippen molar-refractivity contribution in [3.63, 3.8) is 0 Å². The molecule has 2 amide bonds. The summed E-state index contributed by atoms with van der Waals surface area (Å²) in [6.45, 7) is 3.42. The highest BCUT2D eigenvalue weighted by Gasteiger charge is 2.21. The summed E-state index contributed by atoms with van der Waals surface area (Å²) < 4.78 is 26.1. The van der Waals surface area contributed by atoms with Crippen molar-refractivity contribution in [2.75, 3.05) is 31.5 Å². The molecule has 2 aromatic rings. The van der Waals surface area contributed by atoms with E-state index in [4.69, 9.17) is 0 Å². The van der Waals surface area contributed by atoms with Gasteiger partial charge in [-0.15, -0.1) is 0 Å². The van der Waals surface area contributed by atoms with E-state index >= 15 is 0 Å². The first kappa shape index (κ1) is 16.4. The summed E-state index contributed by atoms with van der Waals surface area (Å²) in [6.07, 6.45) is 0. The molecule has 1 aliphatic rings. The average molecular weight is 331 g/mol. The van der Waals surface area contributed by atoms with Crippen LogP contribution in [-0.2, 0) is 6.54 Å². The van der Waals surface area contributed by atoms with Crippen LogP contribution in [0.1, 0.15) is 5.56 Å². The smallest absolute Gasteiger partial charge is 0.321 e. The zero-order valence-corrected chi connectivity index (χ0v) is 13.2. The molecular formula is C18H19F2N3O. The molecule has 0 saturated carbocycles. The molecule has 1 aliphatic heterocycles. The molecule has 0 aromatic heterocycles. The fraction of sp³-hybridized carbons (Fsp3) is 0.278. The van der Waals surface area contributed by atoms with Crippen molar-refractivity contribution in [3.8, 4) is 0 Å². The molecule has 0 unspecified atom stereocenters. The van der Waals surface area contributed by atoms with Gasteiger partial charge in [-0.2, -0.15) is 0 Å². The molecule has 0 atom stereocenters. The van der Waals surface area contributed by atoms with Crippen molar-refractivity contribution < 1.29 is 13.6 Å². The van der Waals surface area contributed by atoms with Crippen LogP contribution in [0.2, 0.25) is 0 Å². The number of benzene rings is 2. The van der Waals surface area contributed by atoms with Gasteiger partial charge in [-0.25, -0.2) is 13.6 Å². The largest absolute Gasteiger partial charge is 0.322 e. The molecule has 1 saturated heterocycles. The number of nitrogens with one attached hydrogen (secondary N) is 1. The van der Waals surface area contributed by atoms with Crippen molar-refractivity contribution in [2.24, 2.45) is 0 Å². The van der Waals surface area contributed by atoms with Crippen LogP contribution in [0.3, 0.4) is 0 Å². The minimum absolute atomic E-state index is 0.220. The SMILES string of the molecule is O=C(Nc1cccc(F)c1)N1CCN(Cc2ccc(F)cc2)CC1. The van der Waals surface area contributed by atoms with Gasteiger partial charge in [-0.05, 0) is 35.9 Å². The third-order valence-electron chi connectivity index (χ3n) is 4.05.